The maximum atomic E-state index is 10.0. The van der Waals surface area contributed by atoms with Crippen LogP contribution < -0.4 is 0 Å². The monoisotopic (exact) mass is 143 g/mol. The van der Waals surface area contributed by atoms with Crippen molar-refractivity contribution < 1.29 is 10.0 Å². The Morgan fingerprint density at radius 3 is 2.90 bits per heavy atom. The molecule has 1 heterocycles. The Hall–Kier alpha value is -1.43. The number of aliphatic hydroxyl groups excluding tert-OH is 1. The van der Waals surface area contributed by atoms with E-state index in [-0.39, 0.29) is 12.4 Å². The quantitative estimate of drug-likeness (QED) is 0.456. The number of hydrogen-bond acceptors (Lipinski definition) is 4. The van der Waals surface area contributed by atoms with E-state index < -0.39 is 4.92 Å². The predicted molar refractivity (Wildman–Crippen MR) is 31.1 cm³/mol. The van der Waals surface area contributed by atoms with Crippen molar-refractivity contribution in [2.75, 3.05) is 0 Å². The molecule has 0 saturated heterocycles. The van der Waals surface area contributed by atoms with Crippen LogP contribution in [0.5, 0.6) is 0 Å². The molecule has 6 heteroatoms. The molecule has 0 amide bonds. The number of aliphatic hydroxyl groups is 1. The fraction of sp³-hybridized carbons (Fsp3) is 0.250. The van der Waals surface area contributed by atoms with E-state index in [1.54, 1.807) is 0 Å². The van der Waals surface area contributed by atoms with Gasteiger partial charge in [0.15, 0.2) is 0 Å². The smallest absolute Gasteiger partial charge is 0.307 e. The van der Waals surface area contributed by atoms with Gasteiger partial charge in [-0.25, -0.2) is 4.68 Å². The molecular weight excluding hydrogens is 138 g/mol. The van der Waals surface area contributed by atoms with Crippen molar-refractivity contribution in [1.29, 1.82) is 0 Å². The van der Waals surface area contributed by atoms with Crippen molar-refractivity contribution in [1.82, 2.24) is 9.78 Å². The molecule has 0 aromatic carbocycles. The van der Waals surface area contributed by atoms with Gasteiger partial charge in [0.2, 0.25) is 0 Å². The summed E-state index contributed by atoms with van der Waals surface area (Å²) in [5.41, 5.74) is -0.117. The average Bonchev–Trinajstić information content (AvgIpc) is 2.34. The highest BCUT2D eigenvalue weighted by Crippen LogP contribution is 2.06. The van der Waals surface area contributed by atoms with E-state index in [0.717, 1.165) is 17.1 Å². The topological polar surface area (TPSA) is 81.2 Å². The van der Waals surface area contributed by atoms with Gasteiger partial charge >= 0.3 is 5.69 Å². The molecule has 10 heavy (non-hydrogen) atoms. The van der Waals surface area contributed by atoms with E-state index in [2.05, 4.69) is 5.10 Å². The van der Waals surface area contributed by atoms with Crippen LogP contribution in [0.4, 0.5) is 5.69 Å². The summed E-state index contributed by atoms with van der Waals surface area (Å²) in [7, 11) is 0. The Bertz CT molecular complexity index is 244. The molecule has 0 saturated carbocycles. The maximum absolute atomic E-state index is 10.0. The molecule has 6 nitrogen and oxygen atoms in total. The van der Waals surface area contributed by atoms with Crippen LogP contribution >= 0.6 is 0 Å². The lowest BCUT2D eigenvalue weighted by atomic mass is 10.6. The summed E-state index contributed by atoms with van der Waals surface area (Å²) >= 11 is 0. The van der Waals surface area contributed by atoms with Gasteiger partial charge in [-0.05, 0) is 0 Å². The first-order valence-electron chi connectivity index (χ1n) is 2.51. The highest BCUT2D eigenvalue weighted by atomic mass is 16.6. The first-order chi connectivity index (χ1) is 4.74. The van der Waals surface area contributed by atoms with Gasteiger partial charge in [-0.2, -0.15) is 5.10 Å². The van der Waals surface area contributed by atoms with Gasteiger partial charge in [0, 0.05) is 0 Å². The van der Waals surface area contributed by atoms with Gasteiger partial charge < -0.3 is 5.11 Å². The largest absolute Gasteiger partial charge is 0.374 e. The number of nitro groups is 1. The second-order valence-electron chi connectivity index (χ2n) is 1.64. The van der Waals surface area contributed by atoms with Crippen molar-refractivity contribution in [3.63, 3.8) is 0 Å². The maximum Gasteiger partial charge on any atom is 0.307 e. The molecule has 1 N–H and O–H groups in total. The number of aromatic nitrogens is 2. The average molecular weight is 143 g/mol. The highest BCUT2D eigenvalue weighted by Gasteiger charge is 2.06. The molecule has 0 spiro atoms. The first-order valence-corrected chi connectivity index (χ1v) is 2.51. The lowest BCUT2D eigenvalue weighted by Gasteiger charge is -1.86. The van der Waals surface area contributed by atoms with Crippen LogP contribution in [0, 0.1) is 10.1 Å². The minimum absolute atomic E-state index is 0.117. The van der Waals surface area contributed by atoms with Crippen LogP contribution in [0.1, 0.15) is 0 Å². The van der Waals surface area contributed by atoms with Crippen LogP contribution in [0.15, 0.2) is 12.4 Å². The number of nitrogens with zero attached hydrogens (tertiary/aromatic N) is 3. The van der Waals surface area contributed by atoms with Gasteiger partial charge in [0.25, 0.3) is 0 Å². The summed E-state index contributed by atoms with van der Waals surface area (Å²) in [6, 6.07) is 0. The summed E-state index contributed by atoms with van der Waals surface area (Å²) in [6.07, 6.45) is 2.23. The summed E-state index contributed by atoms with van der Waals surface area (Å²) < 4.78 is 1.07. The molecule has 1 aromatic heterocycles. The zero-order valence-electron chi connectivity index (χ0n) is 4.97. The number of hydrogen-bond donors (Lipinski definition) is 1. The van der Waals surface area contributed by atoms with Crippen LogP contribution in [-0.2, 0) is 6.73 Å². The zero-order valence-corrected chi connectivity index (χ0v) is 4.97. The lowest BCUT2D eigenvalue weighted by molar-refractivity contribution is -0.385. The SMILES string of the molecule is O=[N+]([O-])c1cnn(CO)c1. The van der Waals surface area contributed by atoms with Crippen LogP contribution in [0.2, 0.25) is 0 Å². The van der Waals surface area contributed by atoms with Gasteiger partial charge in [0.1, 0.15) is 19.1 Å². The van der Waals surface area contributed by atoms with Crippen LogP contribution in [0.25, 0.3) is 0 Å². The fourth-order valence-electron chi connectivity index (χ4n) is 0.524. The van der Waals surface area contributed by atoms with Crippen molar-refractivity contribution in [3.8, 4) is 0 Å². The first kappa shape index (κ1) is 6.69. The minimum Gasteiger partial charge on any atom is -0.374 e. The third kappa shape index (κ3) is 1.11. The second kappa shape index (κ2) is 2.44. The van der Waals surface area contributed by atoms with Crippen molar-refractivity contribution in [3.05, 3.63) is 22.5 Å². The predicted octanol–water partition coefficient (Wildman–Crippen LogP) is -0.259. The third-order valence-electron chi connectivity index (χ3n) is 0.975. The van der Waals surface area contributed by atoms with E-state index >= 15 is 0 Å². The molecule has 0 atom stereocenters. The molecule has 0 aliphatic rings. The lowest BCUT2D eigenvalue weighted by Crippen LogP contribution is -1.95. The Balaban J connectivity index is 2.88. The zero-order chi connectivity index (χ0) is 7.56. The molecule has 0 radical (unpaired) electrons. The van der Waals surface area contributed by atoms with E-state index in [1.807, 2.05) is 0 Å². The van der Waals surface area contributed by atoms with Crippen molar-refractivity contribution >= 4 is 5.69 Å². The molecule has 0 aliphatic carbocycles. The Morgan fingerprint density at radius 2 is 2.60 bits per heavy atom. The highest BCUT2D eigenvalue weighted by molar-refractivity contribution is 5.20. The minimum atomic E-state index is -0.570. The summed E-state index contributed by atoms with van der Waals surface area (Å²) in [6.45, 7) is -0.339. The molecular formula is C4H5N3O3. The van der Waals surface area contributed by atoms with Crippen molar-refractivity contribution in [2.45, 2.75) is 6.73 Å². The number of rotatable bonds is 2. The van der Waals surface area contributed by atoms with Gasteiger partial charge in [-0.3, -0.25) is 10.1 Å². The molecule has 0 unspecified atom stereocenters. The van der Waals surface area contributed by atoms with E-state index in [4.69, 9.17) is 5.11 Å². The normalized spacial score (nSPS) is 9.70. The molecule has 0 bridgehead atoms. The Labute approximate surface area is 55.9 Å². The molecule has 0 aliphatic heterocycles. The summed E-state index contributed by atoms with van der Waals surface area (Å²) in [5, 5.41) is 21.9. The van der Waals surface area contributed by atoms with E-state index in [9.17, 15) is 10.1 Å². The van der Waals surface area contributed by atoms with E-state index in [1.165, 1.54) is 0 Å². The molecule has 1 aromatic rings. The summed E-state index contributed by atoms with van der Waals surface area (Å²) in [5.74, 6) is 0. The third-order valence-corrected chi connectivity index (χ3v) is 0.975. The molecule has 0 fully saturated rings. The molecule has 1 rings (SSSR count). The van der Waals surface area contributed by atoms with Gasteiger partial charge in [-0.1, -0.05) is 0 Å². The standard InChI is InChI=1S/C4H5N3O3/c8-3-6-2-4(1-5-6)7(9)10/h1-2,8H,3H2. The Morgan fingerprint density at radius 1 is 1.90 bits per heavy atom. The second-order valence-corrected chi connectivity index (χ2v) is 1.64. The fourth-order valence-corrected chi connectivity index (χ4v) is 0.524. The van der Waals surface area contributed by atoms with Crippen molar-refractivity contribution in [2.24, 2.45) is 0 Å². The van der Waals surface area contributed by atoms with Crippen LogP contribution in [0.3, 0.4) is 0 Å². The Kier molecular flexibility index (Phi) is 1.63. The van der Waals surface area contributed by atoms with E-state index in [0.29, 0.717) is 0 Å². The van der Waals surface area contributed by atoms with Gasteiger partial charge in [-0.15, -0.1) is 0 Å². The van der Waals surface area contributed by atoms with Crippen LogP contribution in [-0.4, -0.2) is 19.8 Å². The summed E-state index contributed by atoms with van der Waals surface area (Å²) in [4.78, 5) is 9.43. The van der Waals surface area contributed by atoms with Gasteiger partial charge in [0.05, 0.1) is 4.92 Å². The molecule has 54 valence electrons.